The number of amides is 2. The van der Waals surface area contributed by atoms with Gasteiger partial charge < -0.3 is 25.2 Å². The van der Waals surface area contributed by atoms with E-state index in [2.05, 4.69) is 34.9 Å². The van der Waals surface area contributed by atoms with Gasteiger partial charge in [-0.3, -0.25) is 4.79 Å². The fraction of sp³-hybridized carbons (Fsp3) is 0.400. The van der Waals surface area contributed by atoms with Crippen LogP contribution < -0.4 is 10.6 Å². The second kappa shape index (κ2) is 13.0. The standard InChI is InChI=1S/C25H30N2O6S/c1-32-13-6-11-22(24(29)30)27-23(28)16-34-14-12-26-25(31)33-15-21-19-9-4-2-7-17(19)18-8-3-5-10-20(18)21/h2-5,7-10,21-22H,6,11-16H2,1H3,(H,26,31)(H,27,28)(H,29,30). The second-order valence-corrected chi connectivity index (χ2v) is 9.00. The van der Waals surface area contributed by atoms with Crippen LogP contribution in [0.5, 0.6) is 0 Å². The molecule has 0 saturated carbocycles. The Hall–Kier alpha value is -3.04. The van der Waals surface area contributed by atoms with Gasteiger partial charge in [0.2, 0.25) is 5.91 Å². The van der Waals surface area contributed by atoms with Crippen molar-refractivity contribution in [3.8, 4) is 11.1 Å². The number of ether oxygens (including phenoxy) is 2. The molecule has 3 rings (SSSR count). The molecule has 0 saturated heterocycles. The first-order chi connectivity index (χ1) is 16.5. The van der Waals surface area contributed by atoms with Crippen molar-refractivity contribution in [1.82, 2.24) is 10.6 Å². The van der Waals surface area contributed by atoms with E-state index in [9.17, 15) is 19.5 Å². The van der Waals surface area contributed by atoms with Crippen molar-refractivity contribution in [2.45, 2.75) is 24.8 Å². The number of carboxylic acids is 1. The molecular weight excluding hydrogens is 456 g/mol. The van der Waals surface area contributed by atoms with Gasteiger partial charge in [-0.05, 0) is 35.1 Å². The molecule has 3 N–H and O–H groups in total. The van der Waals surface area contributed by atoms with Gasteiger partial charge in [0.05, 0.1) is 5.75 Å². The van der Waals surface area contributed by atoms with Gasteiger partial charge in [-0.1, -0.05) is 48.5 Å². The Morgan fingerprint density at radius 3 is 2.32 bits per heavy atom. The number of benzene rings is 2. The lowest BCUT2D eigenvalue weighted by atomic mass is 9.98. The maximum absolute atomic E-state index is 12.2. The predicted molar refractivity (Wildman–Crippen MR) is 131 cm³/mol. The molecule has 34 heavy (non-hydrogen) atoms. The molecule has 0 heterocycles. The number of methoxy groups -OCH3 is 1. The highest BCUT2D eigenvalue weighted by atomic mass is 32.2. The summed E-state index contributed by atoms with van der Waals surface area (Å²) in [5.41, 5.74) is 4.65. The molecule has 1 aliphatic rings. The number of hydrogen-bond acceptors (Lipinski definition) is 6. The van der Waals surface area contributed by atoms with Crippen LogP contribution in [0.25, 0.3) is 11.1 Å². The van der Waals surface area contributed by atoms with Gasteiger partial charge >= 0.3 is 12.1 Å². The molecule has 1 unspecified atom stereocenters. The first-order valence-corrected chi connectivity index (χ1v) is 12.3. The van der Waals surface area contributed by atoms with E-state index in [0.29, 0.717) is 31.7 Å². The first kappa shape index (κ1) is 25.6. The van der Waals surface area contributed by atoms with E-state index in [1.165, 1.54) is 22.9 Å². The number of carboxylic acid groups (broad SMARTS) is 1. The number of rotatable bonds is 13. The number of hydrogen-bond donors (Lipinski definition) is 3. The minimum absolute atomic E-state index is 0.00212. The van der Waals surface area contributed by atoms with Gasteiger partial charge in [0.25, 0.3) is 0 Å². The van der Waals surface area contributed by atoms with Crippen LogP contribution in [0, 0.1) is 0 Å². The summed E-state index contributed by atoms with van der Waals surface area (Å²) in [5.74, 6) is -0.802. The lowest BCUT2D eigenvalue weighted by Gasteiger charge is -2.15. The summed E-state index contributed by atoms with van der Waals surface area (Å²) < 4.78 is 10.4. The summed E-state index contributed by atoms with van der Waals surface area (Å²) in [5, 5.41) is 14.4. The topological polar surface area (TPSA) is 114 Å². The Morgan fingerprint density at radius 1 is 1.06 bits per heavy atom. The third-order valence-corrected chi connectivity index (χ3v) is 6.53. The number of fused-ring (bicyclic) bond motifs is 3. The molecule has 2 aromatic carbocycles. The molecule has 0 aromatic heterocycles. The molecule has 0 bridgehead atoms. The number of carbonyl (C=O) groups excluding carboxylic acids is 2. The second-order valence-electron chi connectivity index (χ2n) is 7.90. The highest BCUT2D eigenvalue weighted by molar-refractivity contribution is 7.99. The molecule has 2 aromatic rings. The van der Waals surface area contributed by atoms with E-state index in [1.807, 2.05) is 24.3 Å². The molecule has 9 heteroatoms. The van der Waals surface area contributed by atoms with E-state index in [-0.39, 0.29) is 24.2 Å². The summed E-state index contributed by atoms with van der Waals surface area (Å²) >= 11 is 1.31. The van der Waals surface area contributed by atoms with E-state index in [1.54, 1.807) is 7.11 Å². The van der Waals surface area contributed by atoms with Crippen molar-refractivity contribution in [3.05, 3.63) is 59.7 Å². The van der Waals surface area contributed by atoms with E-state index in [0.717, 1.165) is 11.1 Å². The summed E-state index contributed by atoms with van der Waals surface area (Å²) in [4.78, 5) is 35.4. The minimum Gasteiger partial charge on any atom is -0.480 e. The quantitative estimate of drug-likeness (QED) is 0.373. The van der Waals surface area contributed by atoms with Gasteiger partial charge in [0.15, 0.2) is 0 Å². The van der Waals surface area contributed by atoms with Crippen LogP contribution >= 0.6 is 11.8 Å². The van der Waals surface area contributed by atoms with Crippen molar-refractivity contribution >= 4 is 29.7 Å². The molecule has 2 amide bonds. The largest absolute Gasteiger partial charge is 0.480 e. The molecule has 182 valence electrons. The number of carbonyl (C=O) groups is 3. The Labute approximate surface area is 203 Å². The molecule has 1 atom stereocenters. The first-order valence-electron chi connectivity index (χ1n) is 11.2. The van der Waals surface area contributed by atoms with Crippen molar-refractivity contribution in [3.63, 3.8) is 0 Å². The molecule has 0 fully saturated rings. The average Bonchev–Trinajstić information content (AvgIpc) is 3.15. The number of nitrogens with one attached hydrogen (secondary N) is 2. The summed E-state index contributed by atoms with van der Waals surface area (Å²) in [6.45, 7) is 1.02. The van der Waals surface area contributed by atoms with E-state index in [4.69, 9.17) is 9.47 Å². The summed E-state index contributed by atoms with van der Waals surface area (Å²) in [7, 11) is 1.54. The molecule has 1 aliphatic carbocycles. The fourth-order valence-electron chi connectivity index (χ4n) is 3.96. The molecule has 0 spiro atoms. The number of aliphatic carboxylic acids is 1. The normalized spacial score (nSPS) is 13.0. The fourth-order valence-corrected chi connectivity index (χ4v) is 4.62. The average molecular weight is 487 g/mol. The third-order valence-electron chi connectivity index (χ3n) is 5.57. The third kappa shape index (κ3) is 6.98. The van der Waals surface area contributed by atoms with Gasteiger partial charge in [-0.2, -0.15) is 11.8 Å². The minimum atomic E-state index is -1.06. The van der Waals surface area contributed by atoms with Crippen LogP contribution in [0.3, 0.4) is 0 Å². The highest BCUT2D eigenvalue weighted by Crippen LogP contribution is 2.44. The molecular formula is C25H30N2O6S. The Bertz CT molecular complexity index is 953. The zero-order valence-electron chi connectivity index (χ0n) is 19.1. The Kier molecular flexibility index (Phi) is 9.78. The molecule has 0 radical (unpaired) electrons. The van der Waals surface area contributed by atoms with Crippen molar-refractivity contribution in [2.75, 3.05) is 38.4 Å². The maximum atomic E-state index is 12.2. The monoisotopic (exact) mass is 486 g/mol. The van der Waals surface area contributed by atoms with Crippen LogP contribution in [0.2, 0.25) is 0 Å². The van der Waals surface area contributed by atoms with Gasteiger partial charge in [-0.25, -0.2) is 9.59 Å². The smallest absolute Gasteiger partial charge is 0.407 e. The Balaban J connectivity index is 1.35. The maximum Gasteiger partial charge on any atom is 0.407 e. The zero-order chi connectivity index (χ0) is 24.3. The SMILES string of the molecule is COCCCC(NC(=O)CSCCNC(=O)OCC1c2ccccc2-c2ccccc21)C(=O)O. The van der Waals surface area contributed by atoms with Crippen LogP contribution in [0.1, 0.15) is 29.9 Å². The molecule has 8 nitrogen and oxygen atoms in total. The van der Waals surface area contributed by atoms with Crippen molar-refractivity contribution in [2.24, 2.45) is 0 Å². The lowest BCUT2D eigenvalue weighted by Crippen LogP contribution is -2.41. The zero-order valence-corrected chi connectivity index (χ0v) is 19.9. The van der Waals surface area contributed by atoms with Crippen LogP contribution in [-0.4, -0.2) is 67.5 Å². The van der Waals surface area contributed by atoms with Gasteiger partial charge in [0.1, 0.15) is 12.6 Å². The molecule has 0 aliphatic heterocycles. The summed E-state index contributed by atoms with van der Waals surface area (Å²) in [6.07, 6.45) is 0.351. The van der Waals surface area contributed by atoms with Gasteiger partial charge in [0, 0.05) is 31.9 Å². The lowest BCUT2D eigenvalue weighted by molar-refractivity contribution is -0.141. The number of alkyl carbamates (subject to hydrolysis) is 1. The van der Waals surface area contributed by atoms with Gasteiger partial charge in [-0.15, -0.1) is 0 Å². The van der Waals surface area contributed by atoms with E-state index < -0.39 is 18.1 Å². The summed E-state index contributed by atoms with van der Waals surface area (Å²) in [6, 6.07) is 15.4. The van der Waals surface area contributed by atoms with Crippen LogP contribution in [-0.2, 0) is 19.1 Å². The van der Waals surface area contributed by atoms with Crippen LogP contribution in [0.15, 0.2) is 48.5 Å². The number of thioether (sulfide) groups is 1. The van der Waals surface area contributed by atoms with Crippen LogP contribution in [0.4, 0.5) is 4.79 Å². The highest BCUT2D eigenvalue weighted by Gasteiger charge is 2.29. The van der Waals surface area contributed by atoms with Crippen molar-refractivity contribution in [1.29, 1.82) is 0 Å². The predicted octanol–water partition coefficient (Wildman–Crippen LogP) is 3.25. The van der Waals surface area contributed by atoms with E-state index >= 15 is 0 Å². The Morgan fingerprint density at radius 2 is 1.71 bits per heavy atom. The van der Waals surface area contributed by atoms with Crippen molar-refractivity contribution < 1.29 is 29.0 Å².